The fourth-order valence-corrected chi connectivity index (χ4v) is 3.52. The number of aryl methyl sites for hydroxylation is 2. The second-order valence-corrected chi connectivity index (χ2v) is 7.37. The summed E-state index contributed by atoms with van der Waals surface area (Å²) in [7, 11) is 0. The Kier molecular flexibility index (Phi) is 7.18. The number of aromatic nitrogens is 2. The van der Waals surface area contributed by atoms with Gasteiger partial charge >= 0.3 is 0 Å². The first-order valence-corrected chi connectivity index (χ1v) is 10.0. The fraction of sp³-hybridized carbons (Fsp3) is 0.318. The lowest BCUT2D eigenvalue weighted by Gasteiger charge is -2.09. The number of unbranched alkanes of at least 4 members (excludes halogenated alkanes) is 2. The average Bonchev–Trinajstić information content (AvgIpc) is 2.96. The first-order chi connectivity index (χ1) is 13.1. The van der Waals surface area contributed by atoms with Gasteiger partial charge in [0, 0.05) is 18.7 Å². The van der Waals surface area contributed by atoms with Crippen molar-refractivity contribution < 1.29 is 9.13 Å². The Morgan fingerprint density at radius 2 is 1.74 bits per heavy atom. The summed E-state index contributed by atoms with van der Waals surface area (Å²) in [6, 6.07) is 16.8. The lowest BCUT2D eigenvalue weighted by molar-refractivity contribution is 0.116. The first kappa shape index (κ1) is 19.8. The molecule has 3 aromatic rings. The number of hydrogen-bond donors (Lipinski definition) is 0. The Balaban J connectivity index is 1.47. The summed E-state index contributed by atoms with van der Waals surface area (Å²) in [6.45, 7) is 4.24. The quantitative estimate of drug-likeness (QED) is 0.380. The zero-order chi connectivity index (χ0) is 19.1. The molecule has 142 valence electrons. The lowest BCUT2D eigenvalue weighted by Crippen LogP contribution is -2.04. The highest BCUT2D eigenvalue weighted by atomic mass is 79.9. The molecular weight excluding hydrogens is 407 g/mol. The maximum Gasteiger partial charge on any atom is 0.123 e. The first-order valence-electron chi connectivity index (χ1n) is 9.25. The Labute approximate surface area is 168 Å². The Morgan fingerprint density at radius 1 is 1.00 bits per heavy atom. The smallest absolute Gasteiger partial charge is 0.123 e. The molecule has 0 spiro atoms. The van der Waals surface area contributed by atoms with Gasteiger partial charge in [-0.3, -0.25) is 4.68 Å². The highest BCUT2D eigenvalue weighted by molar-refractivity contribution is 9.10. The molecule has 0 aliphatic rings. The predicted octanol–water partition coefficient (Wildman–Crippen LogP) is 6.15. The summed E-state index contributed by atoms with van der Waals surface area (Å²) in [5, 5.41) is 4.63. The van der Waals surface area contributed by atoms with E-state index in [2.05, 4.69) is 33.2 Å². The second kappa shape index (κ2) is 9.81. The molecule has 0 saturated carbocycles. The summed E-state index contributed by atoms with van der Waals surface area (Å²) in [6.07, 6.45) is 3.13. The van der Waals surface area contributed by atoms with Crippen molar-refractivity contribution in [1.29, 1.82) is 0 Å². The van der Waals surface area contributed by atoms with Crippen LogP contribution in [0.1, 0.15) is 30.5 Å². The number of nitrogens with zero attached hydrogens (tertiary/aromatic N) is 2. The van der Waals surface area contributed by atoms with E-state index in [1.54, 1.807) is 12.1 Å². The van der Waals surface area contributed by atoms with Crippen molar-refractivity contribution in [2.75, 3.05) is 6.61 Å². The van der Waals surface area contributed by atoms with Gasteiger partial charge in [-0.1, -0.05) is 30.3 Å². The largest absolute Gasteiger partial charge is 0.377 e. The van der Waals surface area contributed by atoms with E-state index >= 15 is 0 Å². The van der Waals surface area contributed by atoms with Crippen LogP contribution in [0.15, 0.2) is 59.1 Å². The van der Waals surface area contributed by atoms with E-state index in [1.165, 1.54) is 17.7 Å². The van der Waals surface area contributed by atoms with E-state index in [9.17, 15) is 4.39 Å². The molecule has 0 N–H and O–H groups in total. The third-order valence-electron chi connectivity index (χ3n) is 4.44. The summed E-state index contributed by atoms with van der Waals surface area (Å²) in [5.41, 5.74) is 4.13. The zero-order valence-corrected chi connectivity index (χ0v) is 17.1. The molecule has 0 radical (unpaired) electrons. The summed E-state index contributed by atoms with van der Waals surface area (Å²) < 4.78 is 21.9. The fourth-order valence-electron chi connectivity index (χ4n) is 3.01. The highest BCUT2D eigenvalue weighted by Gasteiger charge is 2.14. The molecule has 3 nitrogen and oxygen atoms in total. The van der Waals surface area contributed by atoms with Crippen molar-refractivity contribution in [3.05, 3.63) is 76.1 Å². The van der Waals surface area contributed by atoms with Crippen molar-refractivity contribution in [3.8, 4) is 11.3 Å². The second-order valence-electron chi connectivity index (χ2n) is 6.58. The topological polar surface area (TPSA) is 27.1 Å². The third kappa shape index (κ3) is 5.50. The number of benzene rings is 2. The van der Waals surface area contributed by atoms with Gasteiger partial charge in [-0.05, 0) is 71.9 Å². The molecular formula is C22H24BrFN2O. The molecule has 3 rings (SSSR count). The molecule has 1 aromatic heterocycles. The van der Waals surface area contributed by atoms with Crippen molar-refractivity contribution >= 4 is 15.9 Å². The van der Waals surface area contributed by atoms with Gasteiger partial charge < -0.3 is 4.74 Å². The Morgan fingerprint density at radius 3 is 2.48 bits per heavy atom. The van der Waals surface area contributed by atoms with Crippen LogP contribution in [0.5, 0.6) is 0 Å². The summed E-state index contributed by atoms with van der Waals surface area (Å²) >= 11 is 3.62. The van der Waals surface area contributed by atoms with Gasteiger partial charge in [0.05, 0.1) is 22.5 Å². The third-order valence-corrected chi connectivity index (χ3v) is 5.39. The van der Waals surface area contributed by atoms with Crippen LogP contribution in [-0.2, 0) is 17.9 Å². The maximum atomic E-state index is 13.2. The van der Waals surface area contributed by atoms with E-state index in [-0.39, 0.29) is 5.82 Å². The van der Waals surface area contributed by atoms with Gasteiger partial charge in [0.15, 0.2) is 0 Å². The molecule has 2 aromatic carbocycles. The van der Waals surface area contributed by atoms with Crippen molar-refractivity contribution in [3.63, 3.8) is 0 Å². The predicted molar refractivity (Wildman–Crippen MR) is 110 cm³/mol. The van der Waals surface area contributed by atoms with Crippen LogP contribution in [0.2, 0.25) is 0 Å². The molecule has 1 heterocycles. The standard InChI is InChI=1S/C22H24BrFN2O/c1-17-21(23)22(19-10-12-20(24)13-11-19)26(25-17)14-6-3-7-15-27-16-18-8-4-2-5-9-18/h2,4-5,8-13H,3,6-7,14-16H2,1H3. The minimum Gasteiger partial charge on any atom is -0.377 e. The van der Waals surface area contributed by atoms with Crippen LogP contribution in [0.3, 0.4) is 0 Å². The van der Waals surface area contributed by atoms with E-state index in [0.29, 0.717) is 6.61 Å². The number of hydrogen-bond acceptors (Lipinski definition) is 2. The summed E-state index contributed by atoms with van der Waals surface area (Å²) in [5.74, 6) is -0.229. The van der Waals surface area contributed by atoms with Crippen LogP contribution in [0, 0.1) is 12.7 Å². The van der Waals surface area contributed by atoms with Gasteiger partial charge in [0.1, 0.15) is 5.82 Å². The molecule has 0 fully saturated rings. The van der Waals surface area contributed by atoms with E-state index in [4.69, 9.17) is 4.74 Å². The van der Waals surface area contributed by atoms with Crippen molar-refractivity contribution in [2.45, 2.75) is 39.3 Å². The van der Waals surface area contributed by atoms with Crippen molar-refractivity contribution in [2.24, 2.45) is 0 Å². The monoisotopic (exact) mass is 430 g/mol. The van der Waals surface area contributed by atoms with Crippen LogP contribution < -0.4 is 0 Å². The molecule has 0 bridgehead atoms. The highest BCUT2D eigenvalue weighted by Crippen LogP contribution is 2.31. The van der Waals surface area contributed by atoms with Gasteiger partial charge in [-0.2, -0.15) is 5.10 Å². The van der Waals surface area contributed by atoms with E-state index < -0.39 is 0 Å². The van der Waals surface area contributed by atoms with Crippen LogP contribution in [-0.4, -0.2) is 16.4 Å². The SMILES string of the molecule is Cc1nn(CCCCCOCc2ccccc2)c(-c2ccc(F)cc2)c1Br. The number of rotatable bonds is 9. The molecule has 0 atom stereocenters. The molecule has 5 heteroatoms. The van der Waals surface area contributed by atoms with Crippen LogP contribution >= 0.6 is 15.9 Å². The minimum absolute atomic E-state index is 0.229. The molecule has 27 heavy (non-hydrogen) atoms. The number of halogens is 2. The normalized spacial score (nSPS) is 11.1. The maximum absolute atomic E-state index is 13.2. The van der Waals surface area contributed by atoms with Gasteiger partial charge in [0.25, 0.3) is 0 Å². The lowest BCUT2D eigenvalue weighted by atomic mass is 10.1. The van der Waals surface area contributed by atoms with Crippen molar-refractivity contribution in [1.82, 2.24) is 9.78 Å². The van der Waals surface area contributed by atoms with Gasteiger partial charge in [0.2, 0.25) is 0 Å². The molecule has 0 saturated heterocycles. The number of ether oxygens (including phenoxy) is 1. The summed E-state index contributed by atoms with van der Waals surface area (Å²) in [4.78, 5) is 0. The molecule has 0 unspecified atom stereocenters. The Hall–Kier alpha value is -1.98. The molecule has 0 aliphatic heterocycles. The van der Waals surface area contributed by atoms with Gasteiger partial charge in [-0.25, -0.2) is 4.39 Å². The average molecular weight is 431 g/mol. The van der Waals surface area contributed by atoms with Gasteiger partial charge in [-0.15, -0.1) is 0 Å². The Bertz CT molecular complexity index is 847. The minimum atomic E-state index is -0.229. The van der Waals surface area contributed by atoms with Crippen LogP contribution in [0.25, 0.3) is 11.3 Å². The van der Waals surface area contributed by atoms with E-state index in [0.717, 1.165) is 53.8 Å². The van der Waals surface area contributed by atoms with Crippen LogP contribution in [0.4, 0.5) is 4.39 Å². The van der Waals surface area contributed by atoms with E-state index in [1.807, 2.05) is 29.8 Å². The molecule has 0 aliphatic carbocycles. The zero-order valence-electron chi connectivity index (χ0n) is 15.5. The molecule has 0 amide bonds.